The van der Waals surface area contributed by atoms with Crippen LogP contribution in [0.4, 0.5) is 0 Å². The molecule has 0 spiro atoms. The van der Waals surface area contributed by atoms with Crippen molar-refractivity contribution in [3.05, 3.63) is 65.0 Å². The van der Waals surface area contributed by atoms with E-state index < -0.39 is 0 Å². The lowest BCUT2D eigenvalue weighted by Crippen LogP contribution is -2.48. The summed E-state index contributed by atoms with van der Waals surface area (Å²) in [5.41, 5.74) is 4.82. The van der Waals surface area contributed by atoms with Gasteiger partial charge in [0, 0.05) is 19.8 Å². The molecule has 0 amide bonds. The van der Waals surface area contributed by atoms with Gasteiger partial charge in [-0.05, 0) is 37.1 Å². The number of aliphatic imine (C=N–C) groups is 1. The summed E-state index contributed by atoms with van der Waals surface area (Å²) in [5.74, 6) is 0.892. The second kappa shape index (κ2) is 9.87. The van der Waals surface area contributed by atoms with E-state index in [0.29, 0.717) is 13.2 Å². The highest BCUT2D eigenvalue weighted by molar-refractivity contribution is 14.0. The second-order valence-corrected chi connectivity index (χ2v) is 6.39. The van der Waals surface area contributed by atoms with Crippen LogP contribution >= 0.6 is 24.0 Å². The molecule has 0 radical (unpaired) electrons. The number of aryl methyl sites for hydroxylation is 2. The number of nitrogens with one attached hydrogen (secondary N) is 1. The van der Waals surface area contributed by atoms with Gasteiger partial charge < -0.3 is 15.0 Å². The van der Waals surface area contributed by atoms with Gasteiger partial charge in [-0.15, -0.1) is 24.0 Å². The number of ether oxygens (including phenoxy) is 1. The number of nitrogens with zero attached hydrogens (tertiary/aromatic N) is 3. The number of halogens is 1. The summed E-state index contributed by atoms with van der Waals surface area (Å²) in [5, 5.41) is 3.41. The van der Waals surface area contributed by atoms with Gasteiger partial charge in [0.2, 0.25) is 0 Å². The maximum Gasteiger partial charge on any atom is 0.194 e. The SMILES string of the molecule is CN=C(NCc1ccccn1)N1CCOC(c2ccc(C)cc2C)C1.I. The zero-order chi connectivity index (χ0) is 17.6. The van der Waals surface area contributed by atoms with Crippen molar-refractivity contribution in [3.63, 3.8) is 0 Å². The van der Waals surface area contributed by atoms with E-state index in [1.165, 1.54) is 16.7 Å². The molecule has 2 heterocycles. The second-order valence-electron chi connectivity index (χ2n) is 6.39. The van der Waals surface area contributed by atoms with Crippen LogP contribution in [0.25, 0.3) is 0 Å². The lowest BCUT2D eigenvalue weighted by molar-refractivity contribution is -0.00834. The summed E-state index contributed by atoms with van der Waals surface area (Å²) >= 11 is 0. The molecule has 140 valence electrons. The molecule has 26 heavy (non-hydrogen) atoms. The molecule has 5 nitrogen and oxygen atoms in total. The summed E-state index contributed by atoms with van der Waals surface area (Å²) in [6, 6.07) is 12.5. The van der Waals surface area contributed by atoms with Crippen LogP contribution in [-0.2, 0) is 11.3 Å². The molecule has 0 aliphatic carbocycles. The Morgan fingerprint density at radius 1 is 1.31 bits per heavy atom. The van der Waals surface area contributed by atoms with E-state index in [-0.39, 0.29) is 30.1 Å². The van der Waals surface area contributed by atoms with E-state index in [2.05, 4.69) is 52.2 Å². The molecular formula is C20H27IN4O. The molecule has 1 atom stereocenters. The van der Waals surface area contributed by atoms with Crippen molar-refractivity contribution in [2.75, 3.05) is 26.7 Å². The van der Waals surface area contributed by atoms with Crippen LogP contribution in [0.2, 0.25) is 0 Å². The molecule has 1 aromatic carbocycles. The maximum absolute atomic E-state index is 6.04. The molecular weight excluding hydrogens is 439 g/mol. The number of hydrogen-bond acceptors (Lipinski definition) is 3. The average Bonchev–Trinajstić information content (AvgIpc) is 2.63. The predicted octanol–water partition coefficient (Wildman–Crippen LogP) is 3.47. The van der Waals surface area contributed by atoms with E-state index in [1.807, 2.05) is 31.4 Å². The third-order valence-electron chi connectivity index (χ3n) is 4.50. The fourth-order valence-corrected chi connectivity index (χ4v) is 3.22. The molecule has 1 unspecified atom stereocenters. The molecule has 0 bridgehead atoms. The fourth-order valence-electron chi connectivity index (χ4n) is 3.22. The molecule has 6 heteroatoms. The van der Waals surface area contributed by atoms with Gasteiger partial charge in [0.1, 0.15) is 6.10 Å². The Morgan fingerprint density at radius 3 is 2.85 bits per heavy atom. The number of morpholine rings is 1. The molecule has 1 saturated heterocycles. The minimum absolute atomic E-state index is 0. The number of guanidine groups is 1. The number of aromatic nitrogens is 1. The largest absolute Gasteiger partial charge is 0.370 e. The Morgan fingerprint density at radius 2 is 2.15 bits per heavy atom. The first-order chi connectivity index (χ1) is 12.2. The van der Waals surface area contributed by atoms with Crippen molar-refractivity contribution in [2.45, 2.75) is 26.5 Å². The minimum atomic E-state index is 0. The number of hydrogen-bond donors (Lipinski definition) is 1. The highest BCUT2D eigenvalue weighted by atomic mass is 127. The van der Waals surface area contributed by atoms with Crippen molar-refractivity contribution in [3.8, 4) is 0 Å². The lowest BCUT2D eigenvalue weighted by Gasteiger charge is -2.35. The van der Waals surface area contributed by atoms with E-state index in [1.54, 1.807) is 0 Å². The number of pyridine rings is 1. The number of rotatable bonds is 3. The molecule has 1 aliphatic rings. The van der Waals surface area contributed by atoms with Gasteiger partial charge >= 0.3 is 0 Å². The van der Waals surface area contributed by atoms with E-state index >= 15 is 0 Å². The van der Waals surface area contributed by atoms with E-state index in [0.717, 1.165) is 24.7 Å². The van der Waals surface area contributed by atoms with Gasteiger partial charge in [-0.2, -0.15) is 0 Å². The van der Waals surface area contributed by atoms with Crippen LogP contribution in [0.5, 0.6) is 0 Å². The Labute approximate surface area is 172 Å². The van der Waals surface area contributed by atoms with E-state index in [9.17, 15) is 0 Å². The molecule has 1 aromatic heterocycles. The van der Waals surface area contributed by atoms with Crippen molar-refractivity contribution in [1.82, 2.24) is 15.2 Å². The van der Waals surface area contributed by atoms with Crippen LogP contribution in [-0.4, -0.2) is 42.6 Å². The van der Waals surface area contributed by atoms with Crippen LogP contribution < -0.4 is 5.32 Å². The van der Waals surface area contributed by atoms with Crippen LogP contribution in [0.3, 0.4) is 0 Å². The summed E-state index contributed by atoms with van der Waals surface area (Å²) in [7, 11) is 1.82. The number of benzene rings is 1. The van der Waals surface area contributed by atoms with Gasteiger partial charge in [-0.3, -0.25) is 9.98 Å². The smallest absolute Gasteiger partial charge is 0.194 e. The Balaban J connectivity index is 0.00000243. The Kier molecular flexibility index (Phi) is 7.84. The highest BCUT2D eigenvalue weighted by Gasteiger charge is 2.25. The normalized spacial score (nSPS) is 17.6. The quantitative estimate of drug-likeness (QED) is 0.428. The zero-order valence-electron chi connectivity index (χ0n) is 15.6. The van der Waals surface area contributed by atoms with Crippen LogP contribution in [0.15, 0.2) is 47.6 Å². The average molecular weight is 466 g/mol. The summed E-state index contributed by atoms with van der Waals surface area (Å²) in [6.45, 7) is 7.27. The lowest BCUT2D eigenvalue weighted by atomic mass is 10.00. The topological polar surface area (TPSA) is 49.8 Å². The van der Waals surface area contributed by atoms with Gasteiger partial charge in [0.25, 0.3) is 0 Å². The monoisotopic (exact) mass is 466 g/mol. The molecule has 1 aliphatic heterocycles. The first-order valence-corrected chi connectivity index (χ1v) is 8.71. The third-order valence-corrected chi connectivity index (χ3v) is 4.50. The van der Waals surface area contributed by atoms with Gasteiger partial charge in [-0.1, -0.05) is 29.8 Å². The molecule has 0 saturated carbocycles. The maximum atomic E-state index is 6.04. The summed E-state index contributed by atoms with van der Waals surface area (Å²) in [4.78, 5) is 11.1. The highest BCUT2D eigenvalue weighted by Crippen LogP contribution is 2.25. The van der Waals surface area contributed by atoms with Gasteiger partial charge in [-0.25, -0.2) is 0 Å². The first kappa shape index (κ1) is 20.6. The summed E-state index contributed by atoms with van der Waals surface area (Å²) in [6.07, 6.45) is 1.88. The standard InChI is InChI=1S/C20H26N4O.HI/c1-15-7-8-18(16(2)12-15)19-14-24(10-11-25-19)20(21-3)23-13-17-6-4-5-9-22-17;/h4-9,12,19H,10-11,13-14H2,1-3H3,(H,21,23);1H. The molecule has 1 N–H and O–H groups in total. The van der Waals surface area contributed by atoms with Crippen LogP contribution in [0.1, 0.15) is 28.5 Å². The van der Waals surface area contributed by atoms with Crippen molar-refractivity contribution < 1.29 is 4.74 Å². The first-order valence-electron chi connectivity index (χ1n) is 8.71. The van der Waals surface area contributed by atoms with E-state index in [4.69, 9.17) is 4.74 Å². The molecule has 2 aromatic rings. The Hall–Kier alpha value is -1.67. The zero-order valence-corrected chi connectivity index (χ0v) is 17.9. The van der Waals surface area contributed by atoms with Crippen molar-refractivity contribution in [2.24, 2.45) is 4.99 Å². The van der Waals surface area contributed by atoms with Gasteiger partial charge in [0.15, 0.2) is 5.96 Å². The molecule has 1 fully saturated rings. The Bertz CT molecular complexity index is 736. The summed E-state index contributed by atoms with van der Waals surface area (Å²) < 4.78 is 6.04. The third kappa shape index (κ3) is 5.17. The van der Waals surface area contributed by atoms with Crippen molar-refractivity contribution in [1.29, 1.82) is 0 Å². The minimum Gasteiger partial charge on any atom is -0.370 e. The fraction of sp³-hybridized carbons (Fsp3) is 0.400. The van der Waals surface area contributed by atoms with Gasteiger partial charge in [0.05, 0.1) is 25.4 Å². The molecule has 3 rings (SSSR count). The van der Waals surface area contributed by atoms with Crippen LogP contribution in [0, 0.1) is 13.8 Å². The van der Waals surface area contributed by atoms with Crippen molar-refractivity contribution >= 4 is 29.9 Å². The predicted molar refractivity (Wildman–Crippen MR) is 116 cm³/mol.